The highest BCUT2D eigenvalue weighted by molar-refractivity contribution is 5.95. The molecule has 0 aromatic heterocycles. The van der Waals surface area contributed by atoms with Crippen molar-refractivity contribution in [1.82, 2.24) is 4.90 Å². The largest absolute Gasteiger partial charge is 0.306 e. The first kappa shape index (κ1) is 18.4. The normalized spacial score (nSPS) is 55.9. The second-order valence-electron chi connectivity index (χ2n) is 11.8. The number of nitrogens with zero attached hydrogens (tertiary/aromatic N) is 1. The van der Waals surface area contributed by atoms with Gasteiger partial charge in [-0.05, 0) is 112 Å². The Bertz CT molecular complexity index is 724. The van der Waals surface area contributed by atoms with Crippen molar-refractivity contribution in [1.29, 1.82) is 0 Å². The SMILES string of the molecule is CC(=O)C1=CCC2(C)C3CCC4C(C)C(N(C)C)CCC45CC35CCC12C. The third kappa shape index (κ3) is 1.90. The Morgan fingerprint density at radius 1 is 1.07 bits per heavy atom. The van der Waals surface area contributed by atoms with Crippen LogP contribution in [0.25, 0.3) is 0 Å². The lowest BCUT2D eigenvalue weighted by molar-refractivity contribution is -0.127. The number of allylic oxidation sites excluding steroid dienone is 2. The summed E-state index contributed by atoms with van der Waals surface area (Å²) in [5.41, 5.74) is 2.85. The summed E-state index contributed by atoms with van der Waals surface area (Å²) in [4.78, 5) is 14.9. The van der Waals surface area contributed by atoms with Gasteiger partial charge in [-0.15, -0.1) is 0 Å². The van der Waals surface area contributed by atoms with Crippen LogP contribution in [0, 0.1) is 39.4 Å². The van der Waals surface area contributed by atoms with E-state index in [1.165, 1.54) is 50.5 Å². The number of hydrogen-bond donors (Lipinski definition) is 0. The van der Waals surface area contributed by atoms with Crippen molar-refractivity contribution in [2.45, 2.75) is 85.1 Å². The van der Waals surface area contributed by atoms with Gasteiger partial charge in [0.15, 0.2) is 5.78 Å². The van der Waals surface area contributed by atoms with Crippen LogP contribution in [0.4, 0.5) is 0 Å². The molecule has 0 aromatic rings. The first-order chi connectivity index (χ1) is 12.6. The van der Waals surface area contributed by atoms with Crippen molar-refractivity contribution in [2.75, 3.05) is 14.1 Å². The summed E-state index contributed by atoms with van der Waals surface area (Å²) in [6.45, 7) is 9.36. The van der Waals surface area contributed by atoms with Gasteiger partial charge in [0.2, 0.25) is 0 Å². The van der Waals surface area contributed by atoms with Crippen molar-refractivity contribution in [2.24, 2.45) is 39.4 Å². The van der Waals surface area contributed by atoms with E-state index < -0.39 is 0 Å². The molecule has 0 radical (unpaired) electrons. The van der Waals surface area contributed by atoms with Crippen LogP contribution in [0.1, 0.15) is 79.1 Å². The molecule has 8 unspecified atom stereocenters. The van der Waals surface area contributed by atoms with Gasteiger partial charge in [-0.25, -0.2) is 0 Å². The molecule has 2 spiro atoms. The molecule has 5 rings (SSSR count). The third-order valence-corrected chi connectivity index (χ3v) is 11.2. The smallest absolute Gasteiger partial charge is 0.156 e. The number of ketones is 1. The molecule has 150 valence electrons. The van der Waals surface area contributed by atoms with Crippen LogP contribution < -0.4 is 0 Å². The number of hydrogen-bond acceptors (Lipinski definition) is 2. The zero-order valence-corrected chi connectivity index (χ0v) is 18.4. The minimum atomic E-state index is 0.123. The highest BCUT2D eigenvalue weighted by Crippen LogP contribution is 2.87. The number of carbonyl (C=O) groups excluding carboxylic acids is 1. The molecule has 0 saturated heterocycles. The van der Waals surface area contributed by atoms with Gasteiger partial charge >= 0.3 is 0 Å². The molecule has 5 aliphatic rings. The molecular weight excluding hydrogens is 330 g/mol. The summed E-state index contributed by atoms with van der Waals surface area (Å²) in [6, 6.07) is 0.775. The monoisotopic (exact) mass is 369 g/mol. The minimum absolute atomic E-state index is 0.123. The second kappa shape index (κ2) is 5.29. The van der Waals surface area contributed by atoms with E-state index >= 15 is 0 Å². The molecule has 27 heavy (non-hydrogen) atoms. The van der Waals surface area contributed by atoms with E-state index in [4.69, 9.17) is 0 Å². The van der Waals surface area contributed by atoms with Gasteiger partial charge in [0.05, 0.1) is 0 Å². The average molecular weight is 370 g/mol. The molecule has 4 saturated carbocycles. The van der Waals surface area contributed by atoms with E-state index in [-0.39, 0.29) is 5.41 Å². The van der Waals surface area contributed by atoms with Gasteiger partial charge in [0.1, 0.15) is 0 Å². The minimum Gasteiger partial charge on any atom is -0.306 e. The Kier molecular flexibility index (Phi) is 3.61. The molecule has 0 N–H and O–H groups in total. The topological polar surface area (TPSA) is 20.3 Å². The first-order valence-electron chi connectivity index (χ1n) is 11.5. The molecule has 2 heteroatoms. The molecule has 0 amide bonds. The lowest BCUT2D eigenvalue weighted by Gasteiger charge is -2.61. The predicted octanol–water partition coefficient (Wildman–Crippen LogP) is 5.47. The van der Waals surface area contributed by atoms with Crippen LogP contribution in [0.15, 0.2) is 11.6 Å². The van der Waals surface area contributed by atoms with E-state index in [0.29, 0.717) is 22.0 Å². The molecule has 0 aliphatic heterocycles. The van der Waals surface area contributed by atoms with Crippen LogP contribution in [-0.4, -0.2) is 30.8 Å². The molecular formula is C25H39NO. The first-order valence-corrected chi connectivity index (χ1v) is 11.5. The van der Waals surface area contributed by atoms with E-state index in [1.807, 2.05) is 0 Å². The molecule has 2 nitrogen and oxygen atoms in total. The molecule has 0 heterocycles. The maximum absolute atomic E-state index is 12.4. The number of carbonyl (C=O) groups is 1. The second-order valence-corrected chi connectivity index (χ2v) is 11.8. The van der Waals surface area contributed by atoms with Crippen LogP contribution in [0.3, 0.4) is 0 Å². The zero-order chi connectivity index (χ0) is 19.4. The third-order valence-electron chi connectivity index (χ3n) is 11.2. The quantitative estimate of drug-likeness (QED) is 0.643. The van der Waals surface area contributed by atoms with Crippen molar-refractivity contribution in [3.05, 3.63) is 11.6 Å². The fourth-order valence-corrected chi connectivity index (χ4v) is 9.81. The Labute approximate surface area is 166 Å². The zero-order valence-electron chi connectivity index (χ0n) is 18.4. The highest BCUT2D eigenvalue weighted by atomic mass is 16.1. The Hall–Kier alpha value is -0.630. The lowest BCUT2D eigenvalue weighted by Crippen LogP contribution is -2.56. The Balaban J connectivity index is 1.50. The summed E-state index contributed by atoms with van der Waals surface area (Å²) in [5, 5.41) is 0. The van der Waals surface area contributed by atoms with E-state index in [1.54, 1.807) is 6.92 Å². The molecule has 4 fully saturated rings. The van der Waals surface area contributed by atoms with Crippen LogP contribution in [0.5, 0.6) is 0 Å². The van der Waals surface area contributed by atoms with Crippen molar-refractivity contribution >= 4 is 5.78 Å². The van der Waals surface area contributed by atoms with Crippen molar-refractivity contribution in [3.63, 3.8) is 0 Å². The summed E-state index contributed by atoms with van der Waals surface area (Å²) in [6.07, 6.45) is 13.3. The number of rotatable bonds is 2. The van der Waals surface area contributed by atoms with Crippen LogP contribution in [0.2, 0.25) is 0 Å². The van der Waals surface area contributed by atoms with E-state index in [0.717, 1.165) is 30.2 Å². The molecule has 0 aromatic carbocycles. The maximum Gasteiger partial charge on any atom is 0.156 e. The van der Waals surface area contributed by atoms with Gasteiger partial charge in [-0.1, -0.05) is 26.8 Å². The highest BCUT2D eigenvalue weighted by Gasteiger charge is 2.80. The number of fused-ring (bicyclic) bond motifs is 2. The summed E-state index contributed by atoms with van der Waals surface area (Å²) in [7, 11) is 4.57. The lowest BCUT2D eigenvalue weighted by atomic mass is 9.43. The summed E-state index contributed by atoms with van der Waals surface area (Å²) in [5.74, 6) is 2.93. The fraction of sp³-hybridized carbons (Fsp3) is 0.880. The van der Waals surface area contributed by atoms with Gasteiger partial charge in [-0.2, -0.15) is 0 Å². The average Bonchev–Trinajstić information content (AvgIpc) is 3.16. The van der Waals surface area contributed by atoms with Gasteiger partial charge in [0, 0.05) is 11.5 Å². The standard InChI is InChI=1S/C25H39NO/c1-16-18-7-8-21-23(4)11-9-19(17(2)27)22(23,3)13-14-25(21)15-24(18,25)12-10-20(16)26(5)6/h9,16,18,20-21H,7-8,10-15H2,1-6H3. The molecule has 0 bridgehead atoms. The summed E-state index contributed by atoms with van der Waals surface area (Å²) >= 11 is 0. The fourth-order valence-electron chi connectivity index (χ4n) is 9.81. The van der Waals surface area contributed by atoms with Crippen LogP contribution >= 0.6 is 0 Å². The summed E-state index contributed by atoms with van der Waals surface area (Å²) < 4.78 is 0. The van der Waals surface area contributed by atoms with Gasteiger partial charge < -0.3 is 4.90 Å². The molecule has 8 atom stereocenters. The predicted molar refractivity (Wildman–Crippen MR) is 110 cm³/mol. The molecule has 5 aliphatic carbocycles. The van der Waals surface area contributed by atoms with Gasteiger partial charge in [-0.3, -0.25) is 4.79 Å². The van der Waals surface area contributed by atoms with Gasteiger partial charge in [0.25, 0.3) is 0 Å². The maximum atomic E-state index is 12.4. The number of Topliss-reactive ketones (excluding diaryl/α,β-unsaturated/α-hetero) is 1. The Morgan fingerprint density at radius 3 is 2.48 bits per heavy atom. The van der Waals surface area contributed by atoms with Crippen molar-refractivity contribution < 1.29 is 4.79 Å². The van der Waals surface area contributed by atoms with Crippen LogP contribution in [-0.2, 0) is 4.79 Å². The van der Waals surface area contributed by atoms with E-state index in [2.05, 4.69) is 45.8 Å². The Morgan fingerprint density at radius 2 is 1.81 bits per heavy atom. The van der Waals surface area contributed by atoms with E-state index in [9.17, 15) is 4.79 Å². The van der Waals surface area contributed by atoms with Crippen molar-refractivity contribution in [3.8, 4) is 0 Å².